The van der Waals surface area contributed by atoms with Gasteiger partial charge in [0.1, 0.15) is 0 Å². The Morgan fingerprint density at radius 2 is 1.62 bits per heavy atom. The molecule has 1 heterocycles. The Morgan fingerprint density at radius 1 is 0.938 bits per heavy atom. The van der Waals surface area contributed by atoms with E-state index in [1.54, 1.807) is 0 Å². The average molecular weight is 428 g/mol. The number of carbonyl (C=O) groups excluding carboxylic acids is 1. The van der Waals surface area contributed by atoms with Gasteiger partial charge in [-0.05, 0) is 66.3 Å². The second-order valence-corrected chi connectivity index (χ2v) is 10.5. The van der Waals surface area contributed by atoms with Crippen LogP contribution < -0.4 is 0 Å². The third-order valence-electron chi connectivity index (χ3n) is 6.71. The monoisotopic (exact) mass is 427 g/mol. The van der Waals surface area contributed by atoms with Crippen LogP contribution in [0.15, 0.2) is 72.9 Å². The number of aromatic nitrogens is 1. The number of Topliss-reactive ketones (excluding diaryl/α,β-unsaturated/α-hetero) is 1. The smallest absolute Gasteiger partial charge is 0.168 e. The minimum Gasteiger partial charge on any atom is -0.294 e. The number of pyridine rings is 1. The van der Waals surface area contributed by atoms with Gasteiger partial charge in [0, 0.05) is 22.9 Å². The highest BCUT2D eigenvalue weighted by Gasteiger charge is 2.30. The predicted molar refractivity (Wildman–Crippen MR) is 134 cm³/mol. The molecule has 1 unspecified atom stereocenters. The molecule has 0 N–H and O–H groups in total. The molecule has 0 radical (unpaired) electrons. The largest absolute Gasteiger partial charge is 0.294 e. The summed E-state index contributed by atoms with van der Waals surface area (Å²) in [5.74, 6) is 0.642. The lowest BCUT2D eigenvalue weighted by Gasteiger charge is -2.30. The van der Waals surface area contributed by atoms with Crippen LogP contribution in [0.25, 0.3) is 0 Å². The van der Waals surface area contributed by atoms with Crippen LogP contribution in [0.5, 0.6) is 0 Å². The highest BCUT2D eigenvalue weighted by molar-refractivity contribution is 6.00. The summed E-state index contributed by atoms with van der Waals surface area (Å²) in [6.07, 6.45) is 4.82. The van der Waals surface area contributed by atoms with E-state index < -0.39 is 5.41 Å². The number of nitrogens with zero attached hydrogens (tertiary/aromatic N) is 1. The van der Waals surface area contributed by atoms with Gasteiger partial charge in [-0.15, -0.1) is 0 Å². The summed E-state index contributed by atoms with van der Waals surface area (Å²) in [6.45, 7) is 13.2. The Morgan fingerprint density at radius 3 is 2.25 bits per heavy atom. The normalized spacial score (nSPS) is 13.1. The first kappa shape index (κ1) is 23.9. The predicted octanol–water partition coefficient (Wildman–Crippen LogP) is 7.70. The molecule has 2 nitrogen and oxygen atoms in total. The molecule has 168 valence electrons. The van der Waals surface area contributed by atoms with E-state index in [0.717, 1.165) is 24.8 Å². The Kier molecular flexibility index (Phi) is 7.33. The molecule has 0 saturated heterocycles. The van der Waals surface area contributed by atoms with Crippen molar-refractivity contribution in [3.05, 3.63) is 101 Å². The van der Waals surface area contributed by atoms with E-state index in [1.165, 1.54) is 22.4 Å². The highest BCUT2D eigenvalue weighted by atomic mass is 16.1. The number of hydrogen-bond donors (Lipinski definition) is 0. The van der Waals surface area contributed by atoms with Crippen molar-refractivity contribution in [2.24, 2.45) is 5.41 Å². The Hall–Kier alpha value is -2.74. The molecule has 2 aromatic carbocycles. The minimum atomic E-state index is -0.442. The zero-order valence-corrected chi connectivity index (χ0v) is 20.5. The van der Waals surface area contributed by atoms with Gasteiger partial charge in [-0.25, -0.2) is 0 Å². The van der Waals surface area contributed by atoms with Crippen molar-refractivity contribution in [1.82, 2.24) is 4.98 Å². The molecule has 2 heteroatoms. The molecule has 0 spiro atoms. The summed E-state index contributed by atoms with van der Waals surface area (Å²) in [7, 11) is 0. The quantitative estimate of drug-likeness (QED) is 0.327. The number of ketones is 1. The number of carbonyl (C=O) groups is 1. The fraction of sp³-hybridized carbons (Fsp3) is 0.400. The van der Waals surface area contributed by atoms with Crippen LogP contribution in [0, 0.1) is 12.3 Å². The lowest BCUT2D eigenvalue weighted by atomic mass is 9.75. The van der Waals surface area contributed by atoms with Gasteiger partial charge in [0.15, 0.2) is 5.78 Å². The van der Waals surface area contributed by atoms with Crippen LogP contribution in [0.3, 0.4) is 0 Å². The SMILES string of the molecule is Cc1cc(CC(C)(C)C(=O)c2ccccc2)ccc1C(C)(C)CCC(C)c1ccccn1. The van der Waals surface area contributed by atoms with Crippen molar-refractivity contribution in [2.75, 3.05) is 0 Å². The van der Waals surface area contributed by atoms with Crippen molar-refractivity contribution in [3.8, 4) is 0 Å². The van der Waals surface area contributed by atoms with Crippen molar-refractivity contribution in [2.45, 2.75) is 72.1 Å². The number of benzene rings is 2. The maximum atomic E-state index is 13.0. The molecule has 0 aliphatic rings. The van der Waals surface area contributed by atoms with E-state index in [2.05, 4.69) is 76.9 Å². The summed E-state index contributed by atoms with van der Waals surface area (Å²) < 4.78 is 0. The molecular formula is C30H37NO. The first-order valence-electron chi connectivity index (χ1n) is 11.7. The fourth-order valence-corrected chi connectivity index (χ4v) is 4.69. The van der Waals surface area contributed by atoms with Gasteiger partial charge < -0.3 is 0 Å². The van der Waals surface area contributed by atoms with Crippen LogP contribution in [0.2, 0.25) is 0 Å². The molecule has 0 bridgehead atoms. The van der Waals surface area contributed by atoms with Gasteiger partial charge in [0.25, 0.3) is 0 Å². The van der Waals surface area contributed by atoms with Crippen molar-refractivity contribution in [3.63, 3.8) is 0 Å². The summed E-state index contributed by atoms with van der Waals surface area (Å²) in [6, 6.07) is 22.6. The zero-order valence-electron chi connectivity index (χ0n) is 20.5. The molecule has 3 aromatic rings. The van der Waals surface area contributed by atoms with Crippen LogP contribution in [0.4, 0.5) is 0 Å². The van der Waals surface area contributed by atoms with E-state index in [1.807, 2.05) is 42.6 Å². The highest BCUT2D eigenvalue weighted by Crippen LogP contribution is 2.35. The van der Waals surface area contributed by atoms with Crippen LogP contribution in [-0.4, -0.2) is 10.8 Å². The second kappa shape index (κ2) is 9.81. The molecule has 1 atom stereocenters. The summed E-state index contributed by atoms with van der Waals surface area (Å²) in [5.41, 5.74) is 5.51. The van der Waals surface area contributed by atoms with Crippen molar-refractivity contribution >= 4 is 5.78 Å². The lowest BCUT2D eigenvalue weighted by molar-refractivity contribution is 0.0837. The average Bonchev–Trinajstić information content (AvgIpc) is 2.77. The van der Waals surface area contributed by atoms with E-state index >= 15 is 0 Å². The van der Waals surface area contributed by atoms with Crippen LogP contribution >= 0.6 is 0 Å². The van der Waals surface area contributed by atoms with Gasteiger partial charge in [-0.1, -0.05) is 89.2 Å². The molecule has 0 fully saturated rings. The van der Waals surface area contributed by atoms with Crippen molar-refractivity contribution < 1.29 is 4.79 Å². The van der Waals surface area contributed by atoms with E-state index in [9.17, 15) is 4.79 Å². The lowest BCUT2D eigenvalue weighted by Crippen LogP contribution is -2.27. The topological polar surface area (TPSA) is 30.0 Å². The molecule has 0 aliphatic heterocycles. The van der Waals surface area contributed by atoms with Crippen LogP contribution in [-0.2, 0) is 11.8 Å². The summed E-state index contributed by atoms with van der Waals surface area (Å²) in [5, 5.41) is 0. The molecular weight excluding hydrogens is 390 g/mol. The second-order valence-electron chi connectivity index (χ2n) is 10.5. The Balaban J connectivity index is 1.70. The summed E-state index contributed by atoms with van der Waals surface area (Å²) in [4.78, 5) is 17.6. The zero-order chi connectivity index (χ0) is 23.4. The summed E-state index contributed by atoms with van der Waals surface area (Å²) >= 11 is 0. The van der Waals surface area contributed by atoms with Gasteiger partial charge >= 0.3 is 0 Å². The Labute approximate surface area is 194 Å². The standard InChI is InChI=1S/C30H37NO/c1-22(27-14-10-11-19-31-27)17-18-29(3,4)26-16-15-24(20-23(26)2)21-30(5,6)28(32)25-12-8-7-9-13-25/h7-16,19-20,22H,17-18,21H2,1-6H3. The van der Waals surface area contributed by atoms with E-state index in [0.29, 0.717) is 5.92 Å². The Bertz CT molecular complexity index is 1030. The third kappa shape index (κ3) is 5.73. The van der Waals surface area contributed by atoms with Crippen molar-refractivity contribution in [1.29, 1.82) is 0 Å². The van der Waals surface area contributed by atoms with Gasteiger partial charge in [-0.2, -0.15) is 0 Å². The third-order valence-corrected chi connectivity index (χ3v) is 6.71. The molecule has 1 aromatic heterocycles. The fourth-order valence-electron chi connectivity index (χ4n) is 4.69. The van der Waals surface area contributed by atoms with Gasteiger partial charge in [0.05, 0.1) is 0 Å². The van der Waals surface area contributed by atoms with E-state index in [4.69, 9.17) is 0 Å². The number of hydrogen-bond acceptors (Lipinski definition) is 2. The molecule has 3 rings (SSSR count). The minimum absolute atomic E-state index is 0.0844. The maximum Gasteiger partial charge on any atom is 0.168 e. The first-order valence-corrected chi connectivity index (χ1v) is 11.7. The molecule has 0 saturated carbocycles. The molecule has 0 aliphatic carbocycles. The van der Waals surface area contributed by atoms with Gasteiger partial charge in [-0.3, -0.25) is 9.78 Å². The number of aryl methyl sites for hydroxylation is 1. The molecule has 32 heavy (non-hydrogen) atoms. The maximum absolute atomic E-state index is 13.0. The van der Waals surface area contributed by atoms with Gasteiger partial charge in [0.2, 0.25) is 0 Å². The molecule has 0 amide bonds. The first-order chi connectivity index (χ1) is 15.1. The van der Waals surface area contributed by atoms with E-state index in [-0.39, 0.29) is 11.2 Å². The number of rotatable bonds is 9. The van der Waals surface area contributed by atoms with Crippen LogP contribution in [0.1, 0.15) is 86.1 Å².